The van der Waals surface area contributed by atoms with Gasteiger partial charge in [0.2, 0.25) is 16.9 Å². The Morgan fingerprint density at radius 2 is 2.12 bits per heavy atom. The monoisotopic (exact) mass is 374 g/mol. The summed E-state index contributed by atoms with van der Waals surface area (Å²) in [5.74, 6) is 0.407. The summed E-state index contributed by atoms with van der Waals surface area (Å²) >= 11 is 2.77. The van der Waals surface area contributed by atoms with E-state index in [1.807, 2.05) is 23.1 Å². The molecule has 2 heterocycles. The highest BCUT2D eigenvalue weighted by Gasteiger charge is 2.34. The number of thioether (sulfide) groups is 1. The molecule has 0 N–H and O–H groups in total. The predicted molar refractivity (Wildman–Crippen MR) is 99.3 cm³/mol. The van der Waals surface area contributed by atoms with Crippen LogP contribution in [0.4, 0.5) is 10.8 Å². The molecule has 0 radical (unpaired) electrons. The lowest BCUT2D eigenvalue weighted by Gasteiger charge is -2.16. The summed E-state index contributed by atoms with van der Waals surface area (Å²) in [7, 11) is 0. The summed E-state index contributed by atoms with van der Waals surface area (Å²) in [6.45, 7) is 2.29. The summed E-state index contributed by atoms with van der Waals surface area (Å²) < 4.78 is 0.725. The fourth-order valence-corrected chi connectivity index (χ4v) is 4.87. The molecule has 1 aliphatic heterocycles. The van der Waals surface area contributed by atoms with Crippen molar-refractivity contribution in [2.45, 2.75) is 36.6 Å². The van der Waals surface area contributed by atoms with Crippen molar-refractivity contribution in [2.24, 2.45) is 0 Å². The fourth-order valence-electron chi connectivity index (χ4n) is 3.04. The molecule has 130 valence electrons. The number of rotatable bonds is 5. The van der Waals surface area contributed by atoms with Crippen LogP contribution in [0.3, 0.4) is 0 Å². The highest BCUT2D eigenvalue weighted by Crippen LogP contribution is 2.36. The highest BCUT2D eigenvalue weighted by atomic mass is 32.2. The van der Waals surface area contributed by atoms with Crippen LogP contribution in [0.1, 0.15) is 25.3 Å². The first-order valence-electron chi connectivity index (χ1n) is 8.28. The lowest BCUT2D eigenvalue weighted by atomic mass is 10.2. The molecule has 0 unspecified atom stereocenters. The van der Waals surface area contributed by atoms with Crippen molar-refractivity contribution in [1.82, 2.24) is 10.2 Å². The first-order valence-corrected chi connectivity index (χ1v) is 10.1. The quantitative estimate of drug-likeness (QED) is 0.595. The van der Waals surface area contributed by atoms with E-state index in [9.17, 15) is 9.59 Å². The average molecular weight is 374 g/mol. The standard InChI is InChI=1S/C17H18N4O2S2/c1-11(22)21(13-6-7-13)16-18-19-17(25-16)24-10-15(23)20-9-8-12-4-2-3-5-14(12)20/h2-5,13H,6-10H2,1H3. The minimum absolute atomic E-state index is 0.0000462. The maximum absolute atomic E-state index is 12.5. The number of amides is 2. The second-order valence-electron chi connectivity index (χ2n) is 6.18. The molecule has 1 fully saturated rings. The minimum atomic E-state index is -0.0000462. The van der Waals surface area contributed by atoms with Gasteiger partial charge in [0.05, 0.1) is 5.75 Å². The van der Waals surface area contributed by atoms with Gasteiger partial charge in [-0.25, -0.2) is 0 Å². The van der Waals surface area contributed by atoms with Gasteiger partial charge in [0.1, 0.15) is 0 Å². The largest absolute Gasteiger partial charge is 0.311 e. The third kappa shape index (κ3) is 3.41. The van der Waals surface area contributed by atoms with Crippen molar-refractivity contribution in [2.75, 3.05) is 22.1 Å². The first-order chi connectivity index (χ1) is 12.1. The molecule has 6 nitrogen and oxygen atoms in total. The Kier molecular flexibility index (Phi) is 4.47. The van der Waals surface area contributed by atoms with Gasteiger partial charge in [-0.05, 0) is 30.9 Å². The summed E-state index contributed by atoms with van der Waals surface area (Å²) in [4.78, 5) is 27.9. The number of nitrogens with zero attached hydrogens (tertiary/aromatic N) is 4. The van der Waals surface area contributed by atoms with E-state index in [1.165, 1.54) is 28.7 Å². The number of para-hydroxylation sites is 1. The first kappa shape index (κ1) is 16.5. The molecular formula is C17H18N4O2S2. The van der Waals surface area contributed by atoms with Gasteiger partial charge in [0.15, 0.2) is 4.34 Å². The van der Waals surface area contributed by atoms with Crippen LogP contribution in [0.15, 0.2) is 28.6 Å². The van der Waals surface area contributed by atoms with E-state index >= 15 is 0 Å². The highest BCUT2D eigenvalue weighted by molar-refractivity contribution is 8.01. The number of carbonyl (C=O) groups is 2. The van der Waals surface area contributed by atoms with E-state index < -0.39 is 0 Å². The zero-order valence-electron chi connectivity index (χ0n) is 13.8. The molecule has 25 heavy (non-hydrogen) atoms. The van der Waals surface area contributed by atoms with E-state index in [4.69, 9.17) is 0 Å². The number of benzene rings is 1. The molecule has 1 aromatic heterocycles. The third-order valence-electron chi connectivity index (χ3n) is 4.36. The number of fused-ring (bicyclic) bond motifs is 1. The molecule has 8 heteroatoms. The second kappa shape index (κ2) is 6.76. The van der Waals surface area contributed by atoms with E-state index in [0.29, 0.717) is 10.9 Å². The molecule has 1 saturated carbocycles. The van der Waals surface area contributed by atoms with Crippen LogP contribution < -0.4 is 9.80 Å². The Morgan fingerprint density at radius 3 is 2.88 bits per heavy atom. The molecule has 0 spiro atoms. The van der Waals surface area contributed by atoms with Crippen molar-refractivity contribution in [3.8, 4) is 0 Å². The van der Waals surface area contributed by atoms with Crippen LogP contribution in [0.2, 0.25) is 0 Å². The van der Waals surface area contributed by atoms with Crippen LogP contribution in [0.25, 0.3) is 0 Å². The van der Waals surface area contributed by atoms with E-state index in [1.54, 1.807) is 11.8 Å². The number of hydrogen-bond acceptors (Lipinski definition) is 6. The summed E-state index contributed by atoms with van der Waals surface area (Å²) in [6, 6.07) is 8.30. The number of aromatic nitrogens is 2. The van der Waals surface area contributed by atoms with Crippen LogP contribution in [0, 0.1) is 0 Å². The Bertz CT molecular complexity index is 818. The number of carbonyl (C=O) groups excluding carboxylic acids is 2. The van der Waals surface area contributed by atoms with Gasteiger partial charge in [-0.2, -0.15) is 0 Å². The van der Waals surface area contributed by atoms with E-state index in [2.05, 4.69) is 16.3 Å². The number of hydrogen-bond donors (Lipinski definition) is 0. The van der Waals surface area contributed by atoms with Gasteiger partial charge < -0.3 is 4.90 Å². The Hall–Kier alpha value is -1.93. The van der Waals surface area contributed by atoms with Crippen molar-refractivity contribution in [3.05, 3.63) is 29.8 Å². The van der Waals surface area contributed by atoms with Crippen LogP contribution in [0.5, 0.6) is 0 Å². The maximum atomic E-state index is 12.5. The Labute approximate surface area is 154 Å². The van der Waals surface area contributed by atoms with Crippen LogP contribution in [-0.4, -0.2) is 40.4 Å². The van der Waals surface area contributed by atoms with Gasteiger partial charge in [-0.1, -0.05) is 41.3 Å². The fraction of sp³-hybridized carbons (Fsp3) is 0.412. The zero-order chi connectivity index (χ0) is 17.4. The van der Waals surface area contributed by atoms with Gasteiger partial charge in [0.25, 0.3) is 0 Å². The van der Waals surface area contributed by atoms with Gasteiger partial charge in [0, 0.05) is 25.2 Å². The molecule has 0 saturated heterocycles. The number of anilines is 2. The van der Waals surface area contributed by atoms with Crippen molar-refractivity contribution >= 4 is 45.7 Å². The summed E-state index contributed by atoms with van der Waals surface area (Å²) in [5, 5.41) is 8.91. The van der Waals surface area contributed by atoms with Gasteiger partial charge in [-0.15, -0.1) is 10.2 Å². The van der Waals surface area contributed by atoms with Crippen molar-refractivity contribution in [1.29, 1.82) is 0 Å². The van der Waals surface area contributed by atoms with E-state index in [0.717, 1.165) is 35.8 Å². The van der Waals surface area contributed by atoms with Gasteiger partial charge >= 0.3 is 0 Å². The molecule has 0 atom stereocenters. The summed E-state index contributed by atoms with van der Waals surface area (Å²) in [5.41, 5.74) is 2.24. The molecule has 2 aliphatic rings. The Morgan fingerprint density at radius 1 is 1.32 bits per heavy atom. The molecule has 1 aromatic carbocycles. The Balaban J connectivity index is 1.39. The second-order valence-corrected chi connectivity index (χ2v) is 8.36. The molecular weight excluding hydrogens is 356 g/mol. The lowest BCUT2D eigenvalue weighted by molar-refractivity contribution is -0.117. The van der Waals surface area contributed by atoms with Gasteiger partial charge in [-0.3, -0.25) is 14.5 Å². The SMILES string of the molecule is CC(=O)N(c1nnc(SCC(=O)N2CCc3ccccc32)s1)C1CC1. The molecule has 2 amide bonds. The molecule has 2 aromatic rings. The van der Waals surface area contributed by atoms with Crippen LogP contribution >= 0.6 is 23.1 Å². The molecule has 1 aliphatic carbocycles. The molecule has 0 bridgehead atoms. The third-order valence-corrected chi connectivity index (χ3v) is 6.40. The summed E-state index contributed by atoms with van der Waals surface area (Å²) in [6.07, 6.45) is 2.95. The average Bonchev–Trinajstić information content (AvgIpc) is 3.16. The molecule has 4 rings (SSSR count). The lowest BCUT2D eigenvalue weighted by Crippen LogP contribution is -2.30. The zero-order valence-corrected chi connectivity index (χ0v) is 15.5. The minimum Gasteiger partial charge on any atom is -0.311 e. The van der Waals surface area contributed by atoms with Crippen LogP contribution in [-0.2, 0) is 16.0 Å². The van der Waals surface area contributed by atoms with E-state index in [-0.39, 0.29) is 17.9 Å². The maximum Gasteiger partial charge on any atom is 0.237 e. The normalized spacial score (nSPS) is 16.0. The smallest absolute Gasteiger partial charge is 0.237 e. The topological polar surface area (TPSA) is 66.4 Å². The van der Waals surface area contributed by atoms with Crippen molar-refractivity contribution < 1.29 is 9.59 Å². The predicted octanol–water partition coefficient (Wildman–Crippen LogP) is 2.73. The van der Waals surface area contributed by atoms with Crippen molar-refractivity contribution in [3.63, 3.8) is 0 Å².